The zero-order chi connectivity index (χ0) is 27.3. The van der Waals surface area contributed by atoms with Crippen molar-refractivity contribution in [2.45, 2.75) is 75.0 Å². The summed E-state index contributed by atoms with van der Waals surface area (Å²) in [6, 6.07) is 0. The Balaban J connectivity index is 2.20. The van der Waals surface area contributed by atoms with Crippen molar-refractivity contribution in [3.63, 3.8) is 0 Å². The minimum absolute atomic E-state index is 0.0288. The van der Waals surface area contributed by atoms with E-state index < -0.39 is 6.29 Å². The maximum absolute atomic E-state index is 7.78. The molecule has 0 aliphatic heterocycles. The van der Waals surface area contributed by atoms with E-state index >= 15 is 0 Å². The molecule has 3 rings (SSSR count). The fourth-order valence-corrected chi connectivity index (χ4v) is 6.59. The highest BCUT2D eigenvalue weighted by molar-refractivity contribution is 5.68. The van der Waals surface area contributed by atoms with Gasteiger partial charge in [0.1, 0.15) is 12.1 Å². The molecule has 2 aromatic heterocycles. The molecule has 1 saturated carbocycles. The summed E-state index contributed by atoms with van der Waals surface area (Å²) in [5.41, 5.74) is 8.54. The van der Waals surface area contributed by atoms with Gasteiger partial charge in [-0.15, -0.1) is 0 Å². The van der Waals surface area contributed by atoms with Gasteiger partial charge in [0.25, 0.3) is 0 Å². The van der Waals surface area contributed by atoms with Gasteiger partial charge in [-0.2, -0.15) is 5.10 Å². The Morgan fingerprint density at radius 2 is 1.56 bits per heavy atom. The molecule has 0 aromatic carbocycles. The van der Waals surface area contributed by atoms with Crippen LogP contribution in [0.5, 0.6) is 0 Å². The molecule has 0 radical (unpaired) electrons. The van der Waals surface area contributed by atoms with E-state index in [-0.39, 0.29) is 27.1 Å². The Kier molecular flexibility index (Phi) is 6.93. The lowest BCUT2D eigenvalue weighted by molar-refractivity contribution is -0.100. The van der Waals surface area contributed by atoms with Crippen LogP contribution in [0.25, 0.3) is 21.8 Å². The summed E-state index contributed by atoms with van der Waals surface area (Å²) >= 11 is 0. The molecule has 2 heterocycles. The normalized spacial score (nSPS) is 21.5. The van der Waals surface area contributed by atoms with Gasteiger partial charge in [0.15, 0.2) is 12.5 Å². The predicted molar refractivity (Wildman–Crippen MR) is 143 cm³/mol. The van der Waals surface area contributed by atoms with E-state index in [0.717, 1.165) is 16.8 Å². The highest BCUT2D eigenvalue weighted by Crippen LogP contribution is 2.80. The van der Waals surface area contributed by atoms with Crippen LogP contribution in [0.1, 0.15) is 67.9 Å². The summed E-state index contributed by atoms with van der Waals surface area (Å²) in [4.78, 5) is 12.5. The maximum atomic E-state index is 7.78. The molecule has 0 unspecified atom stereocenters. The maximum Gasteiger partial charge on any atom is 0.175 e. The molecule has 8 heteroatoms. The van der Waals surface area contributed by atoms with Gasteiger partial charge < -0.3 is 15.2 Å². The van der Waals surface area contributed by atoms with Gasteiger partial charge in [0.2, 0.25) is 0 Å². The van der Waals surface area contributed by atoms with Gasteiger partial charge in [-0.25, -0.2) is 14.8 Å². The third-order valence-electron chi connectivity index (χ3n) is 10.9. The van der Waals surface area contributed by atoms with Crippen LogP contribution in [0.15, 0.2) is 24.9 Å². The van der Waals surface area contributed by atoms with Crippen molar-refractivity contribution < 1.29 is 9.47 Å². The lowest BCUT2D eigenvalue weighted by Crippen LogP contribution is -2.45. The highest BCUT2D eigenvalue weighted by Gasteiger charge is 2.74. The van der Waals surface area contributed by atoms with Crippen molar-refractivity contribution >= 4 is 11.5 Å². The van der Waals surface area contributed by atoms with Gasteiger partial charge >= 0.3 is 0 Å². The molecular weight excluding hydrogens is 452 g/mol. The topological polar surface area (TPSA) is 92.4 Å². The van der Waals surface area contributed by atoms with Crippen LogP contribution in [0, 0.1) is 33.6 Å². The minimum atomic E-state index is -0.479. The Morgan fingerprint density at radius 3 is 2.06 bits per heavy atom. The third kappa shape index (κ3) is 3.51. The van der Waals surface area contributed by atoms with Gasteiger partial charge in [-0.05, 0) is 21.7 Å². The van der Waals surface area contributed by atoms with E-state index in [9.17, 15) is 0 Å². The van der Waals surface area contributed by atoms with E-state index in [2.05, 4.69) is 77.1 Å². The lowest BCUT2D eigenvalue weighted by atomic mass is 9.54. The van der Waals surface area contributed by atoms with E-state index in [1.165, 1.54) is 6.33 Å². The molecule has 0 bridgehead atoms. The lowest BCUT2D eigenvalue weighted by Gasteiger charge is -2.51. The summed E-state index contributed by atoms with van der Waals surface area (Å²) in [5.74, 6) is 0.372. The number of hydrogen-bond acceptors (Lipinski definition) is 6. The summed E-state index contributed by atoms with van der Waals surface area (Å²) in [6.07, 6.45) is 6.71. The minimum Gasteiger partial charge on any atom is -0.383 e. The number of nitrogens with two attached hydrogens (primary N) is 1. The first kappa shape index (κ1) is 27.8. The number of nitrogens with zero attached hydrogens (tertiary/aromatic N) is 5. The zero-order valence-corrected chi connectivity index (χ0v) is 23.7. The predicted octanol–water partition coefficient (Wildman–Crippen LogP) is 5.93. The molecule has 8 nitrogen and oxygen atoms in total. The standard InChI is InChI=1S/C28H42N6O2/c1-24(2)25(3,4)27(7,8)28(9,26(24,5)6)20(15-30-10)34-16-18(14-33-34)22-19(13-21(35-11)36-12)23(29)32-17-31-22/h14-17,21H,13H2,1-9,11-12H3,(H2,29,31,32)/b20-15-. The first-order valence-electron chi connectivity index (χ1n) is 12.3. The molecule has 0 amide bonds. The quantitative estimate of drug-likeness (QED) is 0.379. The second kappa shape index (κ2) is 8.97. The summed E-state index contributed by atoms with van der Waals surface area (Å²) in [5, 5.41) is 4.76. The smallest absolute Gasteiger partial charge is 0.175 e. The Bertz CT molecular complexity index is 1170. The van der Waals surface area contributed by atoms with Crippen LogP contribution in [0.4, 0.5) is 5.82 Å². The number of hydrogen-bond donors (Lipinski definition) is 1. The van der Waals surface area contributed by atoms with Gasteiger partial charge in [-0.3, -0.25) is 4.68 Å². The molecule has 2 aromatic rings. The molecule has 0 spiro atoms. The largest absolute Gasteiger partial charge is 0.383 e. The number of anilines is 1. The molecule has 196 valence electrons. The number of nitrogen functional groups attached to an aromatic ring is 1. The zero-order valence-electron chi connectivity index (χ0n) is 23.7. The SMILES string of the molecule is [C-]#[N+]/C=C(\n1cc(-c2ncnc(N)c2CC(OC)OC)cn1)C1(C)C(C)(C)C(C)(C)C(C)(C)C1(C)C. The van der Waals surface area contributed by atoms with Gasteiger partial charge in [0.05, 0.1) is 18.5 Å². The second-order valence-electron chi connectivity index (χ2n) is 12.1. The van der Waals surface area contributed by atoms with Crippen molar-refractivity contribution in [1.29, 1.82) is 0 Å². The molecular formula is C28H42N6O2. The molecule has 0 saturated heterocycles. The van der Waals surface area contributed by atoms with Crippen LogP contribution < -0.4 is 5.73 Å². The molecule has 1 fully saturated rings. The Labute approximate surface area is 216 Å². The van der Waals surface area contributed by atoms with Crippen molar-refractivity contribution in [3.8, 4) is 11.3 Å². The van der Waals surface area contributed by atoms with Crippen molar-refractivity contribution in [2.24, 2.45) is 27.1 Å². The first-order chi connectivity index (χ1) is 16.6. The van der Waals surface area contributed by atoms with Crippen molar-refractivity contribution in [3.05, 3.63) is 41.9 Å². The van der Waals surface area contributed by atoms with Crippen molar-refractivity contribution in [1.82, 2.24) is 19.7 Å². The van der Waals surface area contributed by atoms with E-state index in [1.54, 1.807) is 26.6 Å². The van der Waals surface area contributed by atoms with Crippen LogP contribution in [-0.2, 0) is 15.9 Å². The van der Waals surface area contributed by atoms with E-state index in [4.69, 9.17) is 26.9 Å². The highest BCUT2D eigenvalue weighted by atomic mass is 16.7. The first-order valence-corrected chi connectivity index (χ1v) is 12.3. The summed E-state index contributed by atoms with van der Waals surface area (Å²) in [7, 11) is 3.17. The Morgan fingerprint density at radius 1 is 1.00 bits per heavy atom. The van der Waals surface area contributed by atoms with E-state index in [0.29, 0.717) is 17.9 Å². The molecule has 1 aliphatic carbocycles. The molecule has 0 atom stereocenters. The van der Waals surface area contributed by atoms with Gasteiger partial charge in [0, 0.05) is 49.1 Å². The average Bonchev–Trinajstić information content (AvgIpc) is 3.31. The van der Waals surface area contributed by atoms with Crippen LogP contribution in [-0.4, -0.2) is 40.3 Å². The number of rotatable bonds is 7. The average molecular weight is 495 g/mol. The summed E-state index contributed by atoms with van der Waals surface area (Å²) < 4.78 is 12.6. The summed E-state index contributed by atoms with van der Waals surface area (Å²) in [6.45, 7) is 28.8. The van der Waals surface area contributed by atoms with Crippen LogP contribution >= 0.6 is 0 Å². The molecule has 36 heavy (non-hydrogen) atoms. The number of aromatic nitrogens is 4. The number of allylic oxidation sites excluding steroid dienone is 1. The Hall–Kier alpha value is -2.76. The third-order valence-corrected chi connectivity index (χ3v) is 10.9. The van der Waals surface area contributed by atoms with Crippen molar-refractivity contribution in [2.75, 3.05) is 20.0 Å². The fourth-order valence-electron chi connectivity index (χ4n) is 6.59. The fraction of sp³-hybridized carbons (Fsp3) is 0.643. The van der Waals surface area contributed by atoms with Crippen LogP contribution in [0.3, 0.4) is 0 Å². The van der Waals surface area contributed by atoms with E-state index in [1.807, 2.05) is 10.9 Å². The monoisotopic (exact) mass is 494 g/mol. The van der Waals surface area contributed by atoms with Crippen LogP contribution in [0.2, 0.25) is 0 Å². The molecule has 2 N–H and O–H groups in total. The van der Waals surface area contributed by atoms with Gasteiger partial charge in [-0.1, -0.05) is 62.3 Å². The number of ether oxygens (including phenoxy) is 2. The molecule has 1 aliphatic rings. The second-order valence-corrected chi connectivity index (χ2v) is 12.1. The number of methoxy groups -OCH3 is 2.